The average molecular weight is 250 g/mol. The Morgan fingerprint density at radius 1 is 1.39 bits per heavy atom. The van der Waals surface area contributed by atoms with Crippen molar-refractivity contribution in [1.29, 1.82) is 0 Å². The van der Waals surface area contributed by atoms with Crippen LogP contribution in [0.15, 0.2) is 24.3 Å². The van der Waals surface area contributed by atoms with Crippen molar-refractivity contribution < 1.29 is 9.90 Å². The molecule has 4 nitrogen and oxygen atoms in total. The Balaban J connectivity index is 2.46. The minimum Gasteiger partial charge on any atom is -0.508 e. The lowest BCUT2D eigenvalue weighted by molar-refractivity contribution is -0.123. The minimum atomic E-state index is -0.547. The van der Waals surface area contributed by atoms with Gasteiger partial charge in [-0.3, -0.25) is 4.79 Å². The summed E-state index contributed by atoms with van der Waals surface area (Å²) in [6.07, 6.45) is 2.47. The number of nitrogens with two attached hydrogens (primary N) is 1. The van der Waals surface area contributed by atoms with Crippen LogP contribution in [0, 0.1) is 0 Å². The number of hydrogen-bond donors (Lipinski definition) is 3. The van der Waals surface area contributed by atoms with E-state index in [9.17, 15) is 4.79 Å². The van der Waals surface area contributed by atoms with Crippen molar-refractivity contribution >= 4 is 5.91 Å². The van der Waals surface area contributed by atoms with Crippen LogP contribution in [0.5, 0.6) is 5.75 Å². The standard InChI is InChI=1S/C14H22N2O2/c1-3-4-10(2)16-14(18)13(15)9-11-5-7-12(17)8-6-11/h5-8,10,13,17H,3-4,9,15H2,1-2H3,(H,16,18)/t10?,13-/m0/s1. The minimum absolute atomic E-state index is 0.121. The van der Waals surface area contributed by atoms with E-state index in [2.05, 4.69) is 12.2 Å². The fourth-order valence-electron chi connectivity index (χ4n) is 1.83. The molecule has 1 aromatic rings. The summed E-state index contributed by atoms with van der Waals surface area (Å²) in [6, 6.07) is 6.36. The molecule has 0 saturated carbocycles. The van der Waals surface area contributed by atoms with E-state index in [1.54, 1.807) is 24.3 Å². The van der Waals surface area contributed by atoms with Gasteiger partial charge in [0.05, 0.1) is 6.04 Å². The maximum Gasteiger partial charge on any atom is 0.237 e. The Morgan fingerprint density at radius 3 is 2.56 bits per heavy atom. The van der Waals surface area contributed by atoms with Gasteiger partial charge >= 0.3 is 0 Å². The molecule has 1 rings (SSSR count). The van der Waals surface area contributed by atoms with E-state index < -0.39 is 6.04 Å². The Kier molecular flexibility index (Phi) is 5.65. The van der Waals surface area contributed by atoms with Crippen LogP contribution in [0.25, 0.3) is 0 Å². The third-order valence-electron chi connectivity index (χ3n) is 2.84. The van der Waals surface area contributed by atoms with Crippen LogP contribution in [-0.2, 0) is 11.2 Å². The first-order valence-electron chi connectivity index (χ1n) is 6.36. The molecule has 0 heterocycles. The molecule has 0 aliphatic rings. The third-order valence-corrected chi connectivity index (χ3v) is 2.84. The first-order valence-corrected chi connectivity index (χ1v) is 6.36. The van der Waals surface area contributed by atoms with Gasteiger partial charge in [-0.1, -0.05) is 25.5 Å². The molecule has 2 atom stereocenters. The van der Waals surface area contributed by atoms with Crippen molar-refractivity contribution in [3.05, 3.63) is 29.8 Å². The van der Waals surface area contributed by atoms with Crippen molar-refractivity contribution in [2.45, 2.75) is 45.2 Å². The Hall–Kier alpha value is -1.55. The average Bonchev–Trinajstić information content (AvgIpc) is 2.32. The molecular weight excluding hydrogens is 228 g/mol. The van der Waals surface area contributed by atoms with Crippen molar-refractivity contribution in [3.63, 3.8) is 0 Å². The van der Waals surface area contributed by atoms with Gasteiger partial charge in [-0.25, -0.2) is 0 Å². The van der Waals surface area contributed by atoms with E-state index in [-0.39, 0.29) is 17.7 Å². The number of carbonyl (C=O) groups excluding carboxylic acids is 1. The number of phenolic OH excluding ortho intramolecular Hbond substituents is 1. The smallest absolute Gasteiger partial charge is 0.237 e. The molecule has 1 unspecified atom stereocenters. The first kappa shape index (κ1) is 14.5. The molecule has 0 aliphatic heterocycles. The molecule has 0 radical (unpaired) electrons. The van der Waals surface area contributed by atoms with Gasteiger partial charge in [-0.05, 0) is 37.5 Å². The van der Waals surface area contributed by atoms with Crippen molar-refractivity contribution in [2.75, 3.05) is 0 Å². The molecule has 1 aromatic carbocycles. The number of amides is 1. The second-order valence-electron chi connectivity index (χ2n) is 4.68. The molecule has 4 heteroatoms. The molecule has 0 aliphatic carbocycles. The fraction of sp³-hybridized carbons (Fsp3) is 0.500. The fourth-order valence-corrected chi connectivity index (χ4v) is 1.83. The summed E-state index contributed by atoms with van der Waals surface area (Å²) in [5, 5.41) is 12.1. The lowest BCUT2D eigenvalue weighted by Crippen LogP contribution is -2.45. The van der Waals surface area contributed by atoms with Gasteiger partial charge in [0.15, 0.2) is 0 Å². The SMILES string of the molecule is CCCC(C)NC(=O)[C@@H](N)Cc1ccc(O)cc1. The summed E-state index contributed by atoms with van der Waals surface area (Å²) in [6.45, 7) is 4.06. The van der Waals surface area contributed by atoms with Crippen molar-refractivity contribution in [2.24, 2.45) is 5.73 Å². The molecular formula is C14H22N2O2. The zero-order chi connectivity index (χ0) is 13.5. The Labute approximate surface area is 108 Å². The van der Waals surface area contributed by atoms with E-state index in [1.165, 1.54) is 0 Å². The molecule has 0 bridgehead atoms. The van der Waals surface area contributed by atoms with Gasteiger partial charge in [-0.2, -0.15) is 0 Å². The lowest BCUT2D eigenvalue weighted by atomic mass is 10.1. The molecule has 100 valence electrons. The quantitative estimate of drug-likeness (QED) is 0.717. The van der Waals surface area contributed by atoms with E-state index in [0.717, 1.165) is 18.4 Å². The normalized spacial score (nSPS) is 13.9. The van der Waals surface area contributed by atoms with E-state index in [0.29, 0.717) is 6.42 Å². The summed E-state index contributed by atoms with van der Waals surface area (Å²) in [4.78, 5) is 11.8. The second-order valence-corrected chi connectivity index (χ2v) is 4.68. The largest absolute Gasteiger partial charge is 0.508 e. The van der Waals surface area contributed by atoms with E-state index >= 15 is 0 Å². The predicted molar refractivity (Wildman–Crippen MR) is 72.3 cm³/mol. The highest BCUT2D eigenvalue weighted by Crippen LogP contribution is 2.11. The third kappa shape index (κ3) is 4.75. The lowest BCUT2D eigenvalue weighted by Gasteiger charge is -2.17. The summed E-state index contributed by atoms with van der Waals surface area (Å²) in [5.74, 6) is 0.0948. The predicted octanol–water partition coefficient (Wildman–Crippen LogP) is 1.57. The molecule has 0 spiro atoms. The Bertz CT molecular complexity index is 376. The van der Waals surface area contributed by atoms with Crippen molar-refractivity contribution in [1.82, 2.24) is 5.32 Å². The molecule has 18 heavy (non-hydrogen) atoms. The topological polar surface area (TPSA) is 75.4 Å². The number of phenols is 1. The van der Waals surface area contributed by atoms with E-state index in [4.69, 9.17) is 10.8 Å². The number of nitrogens with one attached hydrogen (secondary N) is 1. The summed E-state index contributed by atoms with van der Waals surface area (Å²) in [5.41, 5.74) is 6.80. The molecule has 1 amide bonds. The highest BCUT2D eigenvalue weighted by Gasteiger charge is 2.15. The van der Waals surface area contributed by atoms with Gasteiger partial charge in [0, 0.05) is 6.04 Å². The maximum absolute atomic E-state index is 11.8. The van der Waals surface area contributed by atoms with Gasteiger partial charge in [-0.15, -0.1) is 0 Å². The number of aromatic hydroxyl groups is 1. The molecule has 0 fully saturated rings. The van der Waals surface area contributed by atoms with Crippen LogP contribution in [-0.4, -0.2) is 23.1 Å². The zero-order valence-electron chi connectivity index (χ0n) is 11.0. The van der Waals surface area contributed by atoms with Crippen LogP contribution >= 0.6 is 0 Å². The van der Waals surface area contributed by atoms with Crippen LogP contribution < -0.4 is 11.1 Å². The van der Waals surface area contributed by atoms with Crippen LogP contribution in [0.4, 0.5) is 0 Å². The zero-order valence-corrected chi connectivity index (χ0v) is 11.0. The van der Waals surface area contributed by atoms with E-state index in [1.807, 2.05) is 6.92 Å². The molecule has 0 saturated heterocycles. The molecule has 4 N–H and O–H groups in total. The Morgan fingerprint density at radius 2 is 2.00 bits per heavy atom. The highest BCUT2D eigenvalue weighted by molar-refractivity contribution is 5.82. The number of carbonyl (C=O) groups is 1. The van der Waals surface area contributed by atoms with Gasteiger partial charge in [0.2, 0.25) is 5.91 Å². The molecule has 0 aromatic heterocycles. The van der Waals surface area contributed by atoms with Crippen LogP contribution in [0.2, 0.25) is 0 Å². The van der Waals surface area contributed by atoms with Gasteiger partial charge in [0.25, 0.3) is 0 Å². The number of hydrogen-bond acceptors (Lipinski definition) is 3. The maximum atomic E-state index is 11.8. The van der Waals surface area contributed by atoms with Gasteiger partial charge < -0.3 is 16.2 Å². The number of benzene rings is 1. The first-order chi connectivity index (χ1) is 8.52. The van der Waals surface area contributed by atoms with Crippen LogP contribution in [0.3, 0.4) is 0 Å². The summed E-state index contributed by atoms with van der Waals surface area (Å²) in [7, 11) is 0. The van der Waals surface area contributed by atoms with Gasteiger partial charge in [0.1, 0.15) is 5.75 Å². The highest BCUT2D eigenvalue weighted by atomic mass is 16.3. The second kappa shape index (κ2) is 7.01. The summed E-state index contributed by atoms with van der Waals surface area (Å²) < 4.78 is 0. The van der Waals surface area contributed by atoms with Crippen LogP contribution in [0.1, 0.15) is 32.3 Å². The summed E-state index contributed by atoms with van der Waals surface area (Å²) >= 11 is 0. The van der Waals surface area contributed by atoms with Crippen molar-refractivity contribution in [3.8, 4) is 5.75 Å². The monoisotopic (exact) mass is 250 g/mol. The number of rotatable bonds is 6.